The van der Waals surface area contributed by atoms with Crippen molar-refractivity contribution < 1.29 is 0 Å². The molecule has 3 N–H and O–H groups in total. The maximum atomic E-state index is 6.19. The highest BCUT2D eigenvalue weighted by atomic mass is 15.2. The number of imidazole rings is 1. The van der Waals surface area contributed by atoms with Crippen molar-refractivity contribution in [3.05, 3.63) is 198 Å². The quantitative estimate of drug-likeness (QED) is 0.154. The molecular formula is C49H40N6. The number of nitrogens with two attached hydrogens (primary N) is 1. The third-order valence-corrected chi connectivity index (χ3v) is 10.1. The van der Waals surface area contributed by atoms with Crippen molar-refractivity contribution in [1.82, 2.24) is 14.9 Å². The zero-order valence-electron chi connectivity index (χ0n) is 30.8. The van der Waals surface area contributed by atoms with Gasteiger partial charge >= 0.3 is 0 Å². The fourth-order valence-corrected chi connectivity index (χ4v) is 7.27. The molecule has 2 heterocycles. The number of nitrogens with zero attached hydrogens (tertiary/aromatic N) is 4. The molecule has 9 rings (SSSR count). The van der Waals surface area contributed by atoms with Crippen LogP contribution in [0.5, 0.6) is 0 Å². The van der Waals surface area contributed by atoms with Crippen molar-refractivity contribution >= 4 is 28.4 Å². The fraction of sp³-hybridized carbons (Fsp3) is 0.0816. The topological polar surface area (TPSA) is 80.6 Å². The van der Waals surface area contributed by atoms with E-state index in [-0.39, 0.29) is 12.1 Å². The lowest BCUT2D eigenvalue weighted by Crippen LogP contribution is -2.33. The molecule has 0 spiro atoms. The summed E-state index contributed by atoms with van der Waals surface area (Å²) in [5.41, 5.74) is 20.0. The fourth-order valence-electron chi connectivity index (χ4n) is 7.27. The minimum atomic E-state index is -0.268. The van der Waals surface area contributed by atoms with Gasteiger partial charge in [-0.3, -0.25) is 4.57 Å². The Morgan fingerprint density at radius 1 is 0.545 bits per heavy atom. The summed E-state index contributed by atoms with van der Waals surface area (Å²) in [5.74, 6) is 2.81. The molecule has 1 aliphatic rings. The Balaban J connectivity index is 0.972. The van der Waals surface area contributed by atoms with Crippen molar-refractivity contribution in [2.24, 2.45) is 9.98 Å². The van der Waals surface area contributed by atoms with E-state index < -0.39 is 0 Å². The minimum Gasteiger partial charge on any atom is -0.399 e. The van der Waals surface area contributed by atoms with E-state index >= 15 is 0 Å². The van der Waals surface area contributed by atoms with Crippen LogP contribution in [-0.2, 0) is 0 Å². The van der Waals surface area contributed by atoms with E-state index in [0.29, 0.717) is 0 Å². The summed E-state index contributed by atoms with van der Waals surface area (Å²) < 4.78 is 2.23. The van der Waals surface area contributed by atoms with E-state index in [4.69, 9.17) is 20.7 Å². The predicted octanol–water partition coefficient (Wildman–Crippen LogP) is 11.2. The molecule has 0 aliphatic carbocycles. The number of nitrogen functional groups attached to an aromatic ring is 1. The van der Waals surface area contributed by atoms with Gasteiger partial charge in [0.15, 0.2) is 5.84 Å². The Morgan fingerprint density at radius 2 is 1.09 bits per heavy atom. The number of rotatable bonds is 8. The highest BCUT2D eigenvalue weighted by Gasteiger charge is 2.21. The lowest BCUT2D eigenvalue weighted by molar-refractivity contribution is 0.674. The van der Waals surface area contributed by atoms with Gasteiger partial charge in [0.2, 0.25) is 0 Å². The minimum absolute atomic E-state index is 0.262. The number of anilines is 1. The normalized spacial score (nSPS) is 14.1. The number of nitrogens with one attached hydrogen (secondary N) is 1. The molecule has 1 aromatic heterocycles. The summed E-state index contributed by atoms with van der Waals surface area (Å²) in [6.45, 7) is 4.35. The molecule has 0 fully saturated rings. The second kappa shape index (κ2) is 14.4. The third-order valence-electron chi connectivity index (χ3n) is 10.1. The van der Waals surface area contributed by atoms with E-state index in [1.54, 1.807) is 0 Å². The Hall–Kier alpha value is -7.05. The third kappa shape index (κ3) is 6.82. The predicted molar refractivity (Wildman–Crippen MR) is 228 cm³/mol. The SMILES string of the molecule is CC(C)c1nc2ccc(N)cc2n1-c1ccc(-c2cccc(-c3cccc(-c4ccc(C5N=C(c6ccccc6)N=C(c6ccccc6)N5)cc4)c3)c2)cc1. The molecule has 266 valence electrons. The van der Waals surface area contributed by atoms with Crippen LogP contribution in [0.25, 0.3) is 50.1 Å². The van der Waals surface area contributed by atoms with Crippen LogP contribution in [0.2, 0.25) is 0 Å². The molecule has 1 aliphatic heterocycles. The maximum absolute atomic E-state index is 6.19. The Morgan fingerprint density at radius 3 is 1.69 bits per heavy atom. The van der Waals surface area contributed by atoms with Crippen molar-refractivity contribution in [2.45, 2.75) is 25.9 Å². The van der Waals surface area contributed by atoms with Gasteiger partial charge in [-0.2, -0.15) is 0 Å². The monoisotopic (exact) mass is 712 g/mol. The number of fused-ring (bicyclic) bond motifs is 1. The first-order chi connectivity index (χ1) is 27.0. The van der Waals surface area contributed by atoms with Crippen LogP contribution in [0.1, 0.15) is 48.4 Å². The molecule has 0 radical (unpaired) electrons. The molecule has 6 heteroatoms. The van der Waals surface area contributed by atoms with Crippen LogP contribution in [0, 0.1) is 0 Å². The van der Waals surface area contributed by atoms with Gasteiger partial charge in [-0.1, -0.05) is 147 Å². The average Bonchev–Trinajstić information content (AvgIpc) is 3.63. The molecule has 0 bridgehead atoms. The summed E-state index contributed by atoms with van der Waals surface area (Å²) in [5, 5.41) is 3.57. The lowest BCUT2D eigenvalue weighted by atomic mass is 9.95. The van der Waals surface area contributed by atoms with Crippen LogP contribution < -0.4 is 11.1 Å². The first-order valence-electron chi connectivity index (χ1n) is 18.7. The lowest BCUT2D eigenvalue weighted by Gasteiger charge is -2.24. The van der Waals surface area contributed by atoms with Crippen LogP contribution in [0.3, 0.4) is 0 Å². The van der Waals surface area contributed by atoms with Gasteiger partial charge < -0.3 is 11.1 Å². The number of hydrogen-bond donors (Lipinski definition) is 2. The number of benzene rings is 7. The molecule has 8 aromatic rings. The van der Waals surface area contributed by atoms with E-state index in [1.807, 2.05) is 54.6 Å². The zero-order chi connectivity index (χ0) is 37.3. The van der Waals surface area contributed by atoms with Gasteiger partial charge in [-0.25, -0.2) is 15.0 Å². The molecular weight excluding hydrogens is 673 g/mol. The molecule has 0 saturated heterocycles. The first-order valence-corrected chi connectivity index (χ1v) is 18.7. The first kappa shape index (κ1) is 33.8. The molecule has 1 unspecified atom stereocenters. The Bertz CT molecular complexity index is 2690. The van der Waals surface area contributed by atoms with Crippen molar-refractivity contribution in [1.29, 1.82) is 0 Å². The van der Waals surface area contributed by atoms with Gasteiger partial charge in [-0.15, -0.1) is 0 Å². The van der Waals surface area contributed by atoms with Gasteiger partial charge in [0.25, 0.3) is 0 Å². The second-order valence-corrected chi connectivity index (χ2v) is 14.2. The van der Waals surface area contributed by atoms with Crippen molar-refractivity contribution in [2.75, 3.05) is 5.73 Å². The number of amidine groups is 2. The van der Waals surface area contributed by atoms with Crippen LogP contribution >= 0.6 is 0 Å². The number of hydrogen-bond acceptors (Lipinski definition) is 5. The zero-order valence-corrected chi connectivity index (χ0v) is 30.8. The molecule has 7 aromatic carbocycles. The summed E-state index contributed by atoms with van der Waals surface area (Å²) in [4.78, 5) is 14.9. The highest BCUT2D eigenvalue weighted by Crippen LogP contribution is 2.33. The summed E-state index contributed by atoms with van der Waals surface area (Å²) in [6.07, 6.45) is -0.268. The maximum Gasteiger partial charge on any atom is 0.159 e. The summed E-state index contributed by atoms with van der Waals surface area (Å²) in [6, 6.07) is 61.2. The molecule has 0 saturated carbocycles. The van der Waals surface area contributed by atoms with E-state index in [2.05, 4.69) is 145 Å². The van der Waals surface area contributed by atoms with Crippen molar-refractivity contribution in [3.63, 3.8) is 0 Å². The molecule has 6 nitrogen and oxygen atoms in total. The van der Waals surface area contributed by atoms with E-state index in [0.717, 1.165) is 78.8 Å². The largest absolute Gasteiger partial charge is 0.399 e. The molecule has 0 amide bonds. The molecule has 1 atom stereocenters. The van der Waals surface area contributed by atoms with Crippen LogP contribution in [0.4, 0.5) is 5.69 Å². The molecule has 55 heavy (non-hydrogen) atoms. The Kier molecular flexibility index (Phi) is 8.84. The smallest absolute Gasteiger partial charge is 0.159 e. The van der Waals surface area contributed by atoms with Gasteiger partial charge in [0.05, 0.1) is 11.0 Å². The van der Waals surface area contributed by atoms with Crippen molar-refractivity contribution in [3.8, 4) is 39.1 Å². The average molecular weight is 713 g/mol. The van der Waals surface area contributed by atoms with Crippen LogP contribution in [0.15, 0.2) is 186 Å². The van der Waals surface area contributed by atoms with Crippen LogP contribution in [-0.4, -0.2) is 21.2 Å². The van der Waals surface area contributed by atoms with Gasteiger partial charge in [-0.05, 0) is 81.4 Å². The second-order valence-electron chi connectivity index (χ2n) is 14.2. The summed E-state index contributed by atoms with van der Waals surface area (Å²) >= 11 is 0. The summed E-state index contributed by atoms with van der Waals surface area (Å²) in [7, 11) is 0. The standard InChI is InChI=1S/C49H40N6/c1-32(2)49-51-44-28-25-42(50)31-45(44)55(49)43-26-23-34(24-27-43)39-16-10-18-41(30-39)40-17-9-15-38(29-40)33-19-21-37(22-20-33)48-53-46(35-11-5-3-6-12-35)52-47(54-48)36-13-7-4-8-14-36/h3-32,48H,50H2,1-2H3,(H,52,53,54). The van der Waals surface area contributed by atoms with E-state index in [1.165, 1.54) is 11.1 Å². The highest BCUT2D eigenvalue weighted by molar-refractivity contribution is 6.13. The van der Waals surface area contributed by atoms with E-state index in [9.17, 15) is 0 Å². The number of aliphatic imine (C=N–C) groups is 2. The number of aromatic nitrogens is 2. The van der Waals surface area contributed by atoms with Gasteiger partial charge in [0, 0.05) is 28.4 Å². The van der Waals surface area contributed by atoms with Gasteiger partial charge in [0.1, 0.15) is 17.8 Å². The Labute approximate surface area is 321 Å².